The number of hydrogen-bond donors (Lipinski definition) is 1. The molecule has 0 bridgehead atoms. The molecule has 4 aromatic rings. The van der Waals surface area contributed by atoms with Gasteiger partial charge in [0.25, 0.3) is 0 Å². The van der Waals surface area contributed by atoms with Gasteiger partial charge in [-0.1, -0.05) is 44.2 Å². The largest absolute Gasteiger partial charge is 0.326 e. The Hall–Kier alpha value is -3.12. The number of H-pyrrole nitrogens is 1. The van der Waals surface area contributed by atoms with Crippen LogP contribution in [0.15, 0.2) is 65.5 Å². The van der Waals surface area contributed by atoms with Crippen LogP contribution >= 0.6 is 0 Å². The molecule has 0 saturated carbocycles. The number of fused-ring (bicyclic) bond motifs is 1. The van der Waals surface area contributed by atoms with Crippen molar-refractivity contribution in [1.29, 1.82) is 0 Å². The van der Waals surface area contributed by atoms with Crippen LogP contribution in [0.1, 0.15) is 62.9 Å². The summed E-state index contributed by atoms with van der Waals surface area (Å²) in [5.74, 6) is 0.437. The van der Waals surface area contributed by atoms with E-state index in [4.69, 9.17) is 5.10 Å². The van der Waals surface area contributed by atoms with Crippen LogP contribution in [-0.2, 0) is 6.42 Å². The molecule has 178 valence electrons. The smallest absolute Gasteiger partial charge is 0.306 e. The maximum absolute atomic E-state index is 12.5. The number of unbranched alkanes of at least 4 members (excludes halogenated alkanes) is 1. The van der Waals surface area contributed by atoms with E-state index < -0.39 is 0 Å². The molecule has 1 saturated heterocycles. The summed E-state index contributed by atoms with van der Waals surface area (Å²) in [7, 11) is 0. The Morgan fingerprint density at radius 1 is 1.00 bits per heavy atom. The molecule has 1 fully saturated rings. The van der Waals surface area contributed by atoms with Crippen LogP contribution in [0.3, 0.4) is 0 Å². The van der Waals surface area contributed by atoms with Gasteiger partial charge in [0, 0.05) is 24.8 Å². The number of imidazole rings is 1. The van der Waals surface area contributed by atoms with Gasteiger partial charge in [-0.15, -0.1) is 0 Å². The minimum atomic E-state index is 0.0235. The molecule has 34 heavy (non-hydrogen) atoms. The Morgan fingerprint density at radius 2 is 1.74 bits per heavy atom. The van der Waals surface area contributed by atoms with Crippen LogP contribution in [0.2, 0.25) is 0 Å². The Morgan fingerprint density at radius 3 is 2.50 bits per heavy atom. The molecule has 1 aliphatic rings. The average molecular weight is 458 g/mol. The number of aromatic amines is 1. The molecule has 2 aromatic heterocycles. The SMILES string of the molecule is CC(C)c1cc(CCCCN2CCC(n3c(=O)[nH]c4ccccc43)CC2)nn1-c1ccccc1. The third-order valence-corrected chi connectivity index (χ3v) is 7.08. The Bertz CT molecular complexity index is 1280. The van der Waals surface area contributed by atoms with E-state index in [1.807, 2.05) is 34.9 Å². The molecule has 1 aliphatic heterocycles. The molecule has 2 aromatic carbocycles. The average Bonchev–Trinajstić information content (AvgIpc) is 3.43. The Labute approximate surface area is 201 Å². The second-order valence-corrected chi connectivity index (χ2v) is 9.81. The topological polar surface area (TPSA) is 58.9 Å². The fourth-order valence-electron chi connectivity index (χ4n) is 5.24. The van der Waals surface area contributed by atoms with Gasteiger partial charge in [0.2, 0.25) is 0 Å². The summed E-state index contributed by atoms with van der Waals surface area (Å²) in [4.78, 5) is 18.1. The predicted molar refractivity (Wildman–Crippen MR) is 138 cm³/mol. The van der Waals surface area contributed by atoms with Crippen molar-refractivity contribution in [2.75, 3.05) is 19.6 Å². The summed E-state index contributed by atoms with van der Waals surface area (Å²) >= 11 is 0. The van der Waals surface area contributed by atoms with E-state index in [1.54, 1.807) is 0 Å². The number of nitrogens with zero attached hydrogens (tertiary/aromatic N) is 4. The first-order chi connectivity index (χ1) is 16.6. The van der Waals surface area contributed by atoms with Gasteiger partial charge in [-0.05, 0) is 74.9 Å². The first-order valence-corrected chi connectivity index (χ1v) is 12.7. The van der Waals surface area contributed by atoms with Crippen LogP contribution in [0.4, 0.5) is 0 Å². The first kappa shape index (κ1) is 22.7. The lowest BCUT2D eigenvalue weighted by molar-refractivity contribution is 0.184. The molecule has 6 nitrogen and oxygen atoms in total. The molecule has 5 rings (SSSR count). The van der Waals surface area contributed by atoms with E-state index in [0.29, 0.717) is 5.92 Å². The predicted octanol–water partition coefficient (Wildman–Crippen LogP) is 5.30. The summed E-state index contributed by atoms with van der Waals surface area (Å²) in [5, 5.41) is 4.93. The van der Waals surface area contributed by atoms with Crippen molar-refractivity contribution in [3.63, 3.8) is 0 Å². The van der Waals surface area contributed by atoms with Crippen LogP contribution in [0.25, 0.3) is 16.7 Å². The van der Waals surface area contributed by atoms with Gasteiger partial charge in [0.15, 0.2) is 0 Å². The molecular weight excluding hydrogens is 422 g/mol. The van der Waals surface area contributed by atoms with Gasteiger partial charge in [0.1, 0.15) is 0 Å². The summed E-state index contributed by atoms with van der Waals surface area (Å²) < 4.78 is 4.08. The van der Waals surface area contributed by atoms with E-state index in [2.05, 4.69) is 58.7 Å². The lowest BCUT2D eigenvalue weighted by atomic mass is 10.0. The highest BCUT2D eigenvalue weighted by molar-refractivity contribution is 5.75. The molecule has 3 heterocycles. The number of aryl methyl sites for hydroxylation is 1. The summed E-state index contributed by atoms with van der Waals surface area (Å²) in [6.45, 7) is 7.68. The normalized spacial score (nSPS) is 15.5. The third kappa shape index (κ3) is 4.73. The maximum atomic E-state index is 12.5. The van der Waals surface area contributed by atoms with Gasteiger partial charge in [-0.3, -0.25) is 4.57 Å². The quantitative estimate of drug-likeness (QED) is 0.365. The highest BCUT2D eigenvalue weighted by Crippen LogP contribution is 2.25. The number of aromatic nitrogens is 4. The molecule has 0 spiro atoms. The molecule has 0 amide bonds. The second kappa shape index (κ2) is 10.0. The number of rotatable bonds is 8. The zero-order valence-corrected chi connectivity index (χ0v) is 20.3. The van der Waals surface area contributed by atoms with E-state index in [0.717, 1.165) is 62.0 Å². The second-order valence-electron chi connectivity index (χ2n) is 9.81. The number of nitrogens with one attached hydrogen (secondary N) is 1. The van der Waals surface area contributed by atoms with Crippen LogP contribution in [-0.4, -0.2) is 43.9 Å². The van der Waals surface area contributed by atoms with Gasteiger partial charge >= 0.3 is 5.69 Å². The van der Waals surface area contributed by atoms with E-state index >= 15 is 0 Å². The summed E-state index contributed by atoms with van der Waals surface area (Å²) in [6, 6.07) is 21.0. The van der Waals surface area contributed by atoms with Crippen LogP contribution in [0, 0.1) is 0 Å². The van der Waals surface area contributed by atoms with Gasteiger partial charge in [-0.2, -0.15) is 5.10 Å². The van der Waals surface area contributed by atoms with Crippen molar-refractivity contribution in [2.45, 2.75) is 57.9 Å². The molecule has 1 N–H and O–H groups in total. The van der Waals surface area contributed by atoms with Crippen molar-refractivity contribution in [2.24, 2.45) is 0 Å². The van der Waals surface area contributed by atoms with E-state index in [-0.39, 0.29) is 11.7 Å². The van der Waals surface area contributed by atoms with Gasteiger partial charge < -0.3 is 9.88 Å². The number of piperidine rings is 1. The Balaban J connectivity index is 1.12. The summed E-state index contributed by atoms with van der Waals surface area (Å²) in [6.07, 6.45) is 5.39. The monoisotopic (exact) mass is 457 g/mol. The highest BCUT2D eigenvalue weighted by atomic mass is 16.1. The van der Waals surface area contributed by atoms with Crippen molar-refractivity contribution in [3.05, 3.63) is 82.5 Å². The van der Waals surface area contributed by atoms with Crippen molar-refractivity contribution in [1.82, 2.24) is 24.2 Å². The molecule has 0 radical (unpaired) electrons. The lowest BCUT2D eigenvalue weighted by Crippen LogP contribution is -2.37. The molecule has 0 unspecified atom stereocenters. The maximum Gasteiger partial charge on any atom is 0.326 e. The van der Waals surface area contributed by atoms with Crippen molar-refractivity contribution >= 4 is 11.0 Å². The highest BCUT2D eigenvalue weighted by Gasteiger charge is 2.23. The molecule has 0 atom stereocenters. The fraction of sp³-hybridized carbons (Fsp3) is 0.429. The Kier molecular flexibility index (Phi) is 6.68. The lowest BCUT2D eigenvalue weighted by Gasteiger charge is -2.32. The standard InChI is InChI=1S/C28H35N5O/c1-21(2)27-20-22(30-33(27)24-11-4-3-5-12-24)10-8-9-17-31-18-15-23(16-19-31)32-26-14-7-6-13-25(26)29-28(32)34/h3-7,11-14,20-21,23H,8-10,15-19H2,1-2H3,(H,29,34). The zero-order chi connectivity index (χ0) is 23.5. The first-order valence-electron chi connectivity index (χ1n) is 12.7. The fourth-order valence-corrected chi connectivity index (χ4v) is 5.24. The van der Waals surface area contributed by atoms with Crippen molar-refractivity contribution < 1.29 is 0 Å². The third-order valence-electron chi connectivity index (χ3n) is 7.08. The number of likely N-dealkylation sites (tertiary alicyclic amines) is 1. The van der Waals surface area contributed by atoms with Gasteiger partial charge in [0.05, 0.1) is 22.4 Å². The molecular formula is C28H35N5O. The number of benzene rings is 2. The van der Waals surface area contributed by atoms with Crippen molar-refractivity contribution in [3.8, 4) is 5.69 Å². The van der Waals surface area contributed by atoms with E-state index in [9.17, 15) is 4.79 Å². The minimum Gasteiger partial charge on any atom is -0.306 e. The van der Waals surface area contributed by atoms with Crippen LogP contribution in [0.5, 0.6) is 0 Å². The van der Waals surface area contributed by atoms with E-state index in [1.165, 1.54) is 17.8 Å². The van der Waals surface area contributed by atoms with Gasteiger partial charge in [-0.25, -0.2) is 9.48 Å². The number of hydrogen-bond acceptors (Lipinski definition) is 3. The molecule has 0 aliphatic carbocycles. The minimum absolute atomic E-state index is 0.0235. The zero-order valence-electron chi connectivity index (χ0n) is 20.3. The summed E-state index contributed by atoms with van der Waals surface area (Å²) in [5.41, 5.74) is 5.58. The number of para-hydroxylation sites is 3. The van der Waals surface area contributed by atoms with Crippen LogP contribution < -0.4 is 5.69 Å². The molecule has 6 heteroatoms.